The first kappa shape index (κ1) is 14.8. The van der Waals surface area contributed by atoms with Crippen molar-refractivity contribution < 1.29 is 14.3 Å². The standard InChI is InChI=1S/C19H15NO3/c20-19(22)14-8-10-16(11-9-14)23-18(21)12-15-6-3-5-13-4-1-2-7-17(13)15/h1-11H,12H2,(H2,20,22). The average Bonchev–Trinajstić information content (AvgIpc) is 2.55. The summed E-state index contributed by atoms with van der Waals surface area (Å²) in [5.41, 5.74) is 6.47. The van der Waals surface area contributed by atoms with Crippen molar-refractivity contribution in [1.82, 2.24) is 0 Å². The van der Waals surface area contributed by atoms with Gasteiger partial charge in [0.1, 0.15) is 5.75 Å². The number of benzene rings is 3. The predicted molar refractivity (Wildman–Crippen MR) is 88.2 cm³/mol. The van der Waals surface area contributed by atoms with Gasteiger partial charge in [0.25, 0.3) is 0 Å². The van der Waals surface area contributed by atoms with Crippen molar-refractivity contribution in [3.8, 4) is 5.75 Å². The van der Waals surface area contributed by atoms with E-state index in [0.29, 0.717) is 11.3 Å². The molecule has 0 radical (unpaired) electrons. The Morgan fingerprint density at radius 2 is 1.57 bits per heavy atom. The molecule has 0 bridgehead atoms. The van der Waals surface area contributed by atoms with Crippen LogP contribution in [0.4, 0.5) is 0 Å². The number of carbonyl (C=O) groups excluding carboxylic acids is 2. The van der Waals surface area contributed by atoms with E-state index < -0.39 is 5.91 Å². The Morgan fingerprint density at radius 1 is 0.870 bits per heavy atom. The highest BCUT2D eigenvalue weighted by Gasteiger charge is 2.09. The van der Waals surface area contributed by atoms with E-state index >= 15 is 0 Å². The molecule has 0 aliphatic heterocycles. The van der Waals surface area contributed by atoms with Gasteiger partial charge < -0.3 is 10.5 Å². The maximum atomic E-state index is 12.1. The van der Waals surface area contributed by atoms with E-state index in [4.69, 9.17) is 10.5 Å². The van der Waals surface area contributed by atoms with Gasteiger partial charge in [0.2, 0.25) is 5.91 Å². The highest BCUT2D eigenvalue weighted by molar-refractivity contribution is 5.93. The summed E-state index contributed by atoms with van der Waals surface area (Å²) in [6, 6.07) is 19.9. The topological polar surface area (TPSA) is 69.4 Å². The number of rotatable bonds is 4. The van der Waals surface area contributed by atoms with Gasteiger partial charge in [-0.05, 0) is 40.6 Å². The van der Waals surface area contributed by atoms with Crippen LogP contribution in [0.5, 0.6) is 5.75 Å². The number of hydrogen-bond donors (Lipinski definition) is 1. The van der Waals surface area contributed by atoms with Crippen molar-refractivity contribution >= 4 is 22.6 Å². The van der Waals surface area contributed by atoms with E-state index in [0.717, 1.165) is 16.3 Å². The van der Waals surface area contributed by atoms with Gasteiger partial charge in [0.15, 0.2) is 0 Å². The number of ether oxygens (including phenoxy) is 1. The first-order valence-corrected chi connectivity index (χ1v) is 7.21. The Balaban J connectivity index is 1.75. The van der Waals surface area contributed by atoms with E-state index in [1.165, 1.54) is 12.1 Å². The third-order valence-electron chi connectivity index (χ3n) is 3.59. The van der Waals surface area contributed by atoms with Gasteiger partial charge in [0.05, 0.1) is 6.42 Å². The van der Waals surface area contributed by atoms with Crippen molar-refractivity contribution in [3.05, 3.63) is 77.9 Å². The lowest BCUT2D eigenvalue weighted by Crippen LogP contribution is -2.13. The Hall–Kier alpha value is -3.14. The Bertz CT molecular complexity index is 864. The number of hydrogen-bond acceptors (Lipinski definition) is 3. The monoisotopic (exact) mass is 305 g/mol. The Kier molecular flexibility index (Phi) is 4.06. The van der Waals surface area contributed by atoms with Crippen molar-refractivity contribution in [1.29, 1.82) is 0 Å². The quantitative estimate of drug-likeness (QED) is 0.595. The molecule has 0 fully saturated rings. The van der Waals surface area contributed by atoms with E-state index in [9.17, 15) is 9.59 Å². The van der Waals surface area contributed by atoms with Crippen molar-refractivity contribution in [2.75, 3.05) is 0 Å². The van der Waals surface area contributed by atoms with Gasteiger partial charge in [-0.15, -0.1) is 0 Å². The van der Waals surface area contributed by atoms with Crippen molar-refractivity contribution in [3.63, 3.8) is 0 Å². The molecule has 0 aromatic heterocycles. The number of fused-ring (bicyclic) bond motifs is 1. The van der Waals surface area contributed by atoms with Gasteiger partial charge in [-0.2, -0.15) is 0 Å². The summed E-state index contributed by atoms with van der Waals surface area (Å²) < 4.78 is 5.31. The molecule has 0 unspecified atom stereocenters. The summed E-state index contributed by atoms with van der Waals surface area (Å²) in [5, 5.41) is 2.12. The molecule has 4 nitrogen and oxygen atoms in total. The molecule has 0 aliphatic carbocycles. The van der Waals surface area contributed by atoms with Crippen LogP contribution in [0, 0.1) is 0 Å². The zero-order valence-corrected chi connectivity index (χ0v) is 12.4. The fourth-order valence-electron chi connectivity index (χ4n) is 2.46. The second kappa shape index (κ2) is 6.32. The van der Waals surface area contributed by atoms with Crippen LogP contribution in [0.15, 0.2) is 66.7 Å². The van der Waals surface area contributed by atoms with Crippen molar-refractivity contribution in [2.24, 2.45) is 5.73 Å². The first-order valence-electron chi connectivity index (χ1n) is 7.21. The van der Waals surface area contributed by atoms with E-state index in [1.54, 1.807) is 12.1 Å². The SMILES string of the molecule is NC(=O)c1ccc(OC(=O)Cc2cccc3ccccc23)cc1. The molecule has 114 valence electrons. The molecule has 0 saturated carbocycles. The minimum Gasteiger partial charge on any atom is -0.426 e. The Morgan fingerprint density at radius 3 is 2.30 bits per heavy atom. The third-order valence-corrected chi connectivity index (χ3v) is 3.59. The number of primary amides is 1. The first-order chi connectivity index (χ1) is 11.1. The van der Waals surface area contributed by atoms with Crippen LogP contribution in [0.3, 0.4) is 0 Å². The molecule has 2 N–H and O–H groups in total. The molecule has 3 aromatic rings. The molecule has 0 aliphatic rings. The van der Waals surface area contributed by atoms with Crippen LogP contribution >= 0.6 is 0 Å². The normalized spacial score (nSPS) is 10.4. The van der Waals surface area contributed by atoms with Gasteiger partial charge in [-0.1, -0.05) is 42.5 Å². The van der Waals surface area contributed by atoms with Crippen LogP contribution in [0.25, 0.3) is 10.8 Å². The lowest BCUT2D eigenvalue weighted by molar-refractivity contribution is -0.133. The minimum absolute atomic E-state index is 0.179. The van der Waals surface area contributed by atoms with Crippen LogP contribution in [0.2, 0.25) is 0 Å². The summed E-state index contributed by atoms with van der Waals surface area (Å²) in [5.74, 6) is -0.480. The average molecular weight is 305 g/mol. The number of esters is 1. The van der Waals surface area contributed by atoms with Crippen LogP contribution < -0.4 is 10.5 Å². The van der Waals surface area contributed by atoms with Gasteiger partial charge >= 0.3 is 5.97 Å². The van der Waals surface area contributed by atoms with Gasteiger partial charge in [-0.3, -0.25) is 9.59 Å². The second-order valence-electron chi connectivity index (χ2n) is 5.18. The molecule has 4 heteroatoms. The van der Waals surface area contributed by atoms with Gasteiger partial charge in [0, 0.05) is 5.56 Å². The summed E-state index contributed by atoms with van der Waals surface area (Å²) in [7, 11) is 0. The maximum absolute atomic E-state index is 12.1. The summed E-state index contributed by atoms with van der Waals surface area (Å²) in [6.45, 7) is 0. The zero-order chi connectivity index (χ0) is 16.2. The summed E-state index contributed by atoms with van der Waals surface area (Å²) in [6.07, 6.45) is 0.179. The third kappa shape index (κ3) is 3.37. The molecule has 3 rings (SSSR count). The smallest absolute Gasteiger partial charge is 0.315 e. The fourth-order valence-corrected chi connectivity index (χ4v) is 2.46. The predicted octanol–water partition coefficient (Wildman–Crippen LogP) is 3.09. The van der Waals surface area contributed by atoms with E-state index in [2.05, 4.69) is 0 Å². The Labute approximate surface area is 133 Å². The molecule has 0 heterocycles. The lowest BCUT2D eigenvalue weighted by atomic mass is 10.0. The summed E-state index contributed by atoms with van der Waals surface area (Å²) in [4.78, 5) is 23.1. The van der Waals surface area contributed by atoms with Crippen molar-refractivity contribution in [2.45, 2.75) is 6.42 Å². The van der Waals surface area contributed by atoms with Crippen LogP contribution in [-0.2, 0) is 11.2 Å². The molecule has 23 heavy (non-hydrogen) atoms. The second-order valence-corrected chi connectivity index (χ2v) is 5.18. The van der Waals surface area contributed by atoms with Crippen LogP contribution in [-0.4, -0.2) is 11.9 Å². The number of amides is 1. The number of nitrogens with two attached hydrogens (primary N) is 1. The maximum Gasteiger partial charge on any atom is 0.315 e. The van der Waals surface area contributed by atoms with Crippen LogP contribution in [0.1, 0.15) is 15.9 Å². The molecule has 0 saturated heterocycles. The molecule has 0 atom stereocenters. The molecule has 1 amide bonds. The largest absolute Gasteiger partial charge is 0.426 e. The number of carbonyl (C=O) groups is 2. The highest BCUT2D eigenvalue weighted by atomic mass is 16.5. The van der Waals surface area contributed by atoms with E-state index in [-0.39, 0.29) is 12.4 Å². The minimum atomic E-state index is -0.515. The van der Waals surface area contributed by atoms with Gasteiger partial charge in [-0.25, -0.2) is 0 Å². The zero-order valence-electron chi connectivity index (χ0n) is 12.4. The molecule has 3 aromatic carbocycles. The fraction of sp³-hybridized carbons (Fsp3) is 0.0526. The summed E-state index contributed by atoms with van der Waals surface area (Å²) >= 11 is 0. The van der Waals surface area contributed by atoms with E-state index in [1.807, 2.05) is 42.5 Å². The highest BCUT2D eigenvalue weighted by Crippen LogP contribution is 2.20. The lowest BCUT2D eigenvalue weighted by Gasteiger charge is -2.07. The molecular formula is C19H15NO3. The molecule has 0 spiro atoms. The molecular weight excluding hydrogens is 290 g/mol.